The number of likely N-dealkylation sites (tertiary alicyclic amines) is 1. The highest BCUT2D eigenvalue weighted by molar-refractivity contribution is 4.80. The molecule has 2 unspecified atom stereocenters. The van der Waals surface area contributed by atoms with Gasteiger partial charge in [-0.25, -0.2) is 4.98 Å². The first kappa shape index (κ1) is 15.5. The second-order valence-corrected chi connectivity index (χ2v) is 6.10. The molecule has 0 aromatic carbocycles. The minimum Gasteiger partial charge on any atom is -0.337 e. The summed E-state index contributed by atoms with van der Waals surface area (Å²) in [5, 5.41) is 3.66. The maximum atomic E-state index is 4.09. The van der Waals surface area contributed by atoms with Gasteiger partial charge in [-0.1, -0.05) is 6.92 Å². The molecule has 4 heteroatoms. The molecule has 0 radical (unpaired) electrons. The smallest absolute Gasteiger partial charge is 0.0945 e. The maximum Gasteiger partial charge on any atom is 0.0945 e. The third-order valence-electron chi connectivity index (χ3n) is 4.42. The van der Waals surface area contributed by atoms with Crippen LogP contribution in [0.4, 0.5) is 0 Å². The molecule has 1 aromatic rings. The van der Waals surface area contributed by atoms with Gasteiger partial charge in [-0.05, 0) is 58.2 Å². The number of imidazole rings is 1. The van der Waals surface area contributed by atoms with E-state index in [0.29, 0.717) is 6.04 Å². The highest BCUT2D eigenvalue weighted by Gasteiger charge is 2.23. The Labute approximate surface area is 123 Å². The van der Waals surface area contributed by atoms with Crippen LogP contribution in [0, 0.1) is 5.92 Å². The number of hydrogen-bond donors (Lipinski definition) is 1. The Bertz CT molecular complexity index is 349. The highest BCUT2D eigenvalue weighted by atomic mass is 15.1. The van der Waals surface area contributed by atoms with Crippen molar-refractivity contribution in [3.05, 3.63) is 18.7 Å². The van der Waals surface area contributed by atoms with Gasteiger partial charge in [0.15, 0.2) is 0 Å². The van der Waals surface area contributed by atoms with Crippen LogP contribution in [0.2, 0.25) is 0 Å². The van der Waals surface area contributed by atoms with Gasteiger partial charge in [-0.3, -0.25) is 0 Å². The van der Waals surface area contributed by atoms with E-state index in [4.69, 9.17) is 0 Å². The van der Waals surface area contributed by atoms with Gasteiger partial charge in [0.05, 0.1) is 6.33 Å². The third-order valence-corrected chi connectivity index (χ3v) is 4.42. The molecular formula is C16H30N4. The Morgan fingerprint density at radius 3 is 3.05 bits per heavy atom. The molecule has 2 atom stereocenters. The molecule has 1 aromatic heterocycles. The summed E-state index contributed by atoms with van der Waals surface area (Å²) in [6.07, 6.45) is 11.0. The normalized spacial score (nSPS) is 22.0. The van der Waals surface area contributed by atoms with Crippen LogP contribution in [-0.2, 0) is 6.54 Å². The van der Waals surface area contributed by atoms with Crippen LogP contribution >= 0.6 is 0 Å². The van der Waals surface area contributed by atoms with Crippen LogP contribution in [0.3, 0.4) is 0 Å². The average molecular weight is 278 g/mol. The summed E-state index contributed by atoms with van der Waals surface area (Å²) < 4.78 is 2.17. The van der Waals surface area contributed by atoms with Crippen LogP contribution in [0.1, 0.15) is 39.5 Å². The van der Waals surface area contributed by atoms with Gasteiger partial charge in [-0.15, -0.1) is 0 Å². The first-order valence-corrected chi connectivity index (χ1v) is 8.21. The molecule has 1 N–H and O–H groups in total. The molecule has 0 saturated carbocycles. The molecule has 2 heterocycles. The molecule has 1 aliphatic rings. The first-order chi connectivity index (χ1) is 9.79. The fourth-order valence-corrected chi connectivity index (χ4v) is 3.14. The molecule has 2 rings (SSSR count). The number of aromatic nitrogens is 2. The lowest BCUT2D eigenvalue weighted by molar-refractivity contribution is 0.148. The molecule has 0 spiro atoms. The fourth-order valence-electron chi connectivity index (χ4n) is 3.14. The van der Waals surface area contributed by atoms with Gasteiger partial charge in [-0.2, -0.15) is 0 Å². The van der Waals surface area contributed by atoms with Crippen LogP contribution in [0.25, 0.3) is 0 Å². The van der Waals surface area contributed by atoms with Gasteiger partial charge in [0, 0.05) is 31.5 Å². The largest absolute Gasteiger partial charge is 0.337 e. The zero-order chi connectivity index (χ0) is 14.2. The monoisotopic (exact) mass is 278 g/mol. The molecule has 0 amide bonds. The molecule has 114 valence electrons. The van der Waals surface area contributed by atoms with Gasteiger partial charge >= 0.3 is 0 Å². The minimum atomic E-state index is 0.659. The Morgan fingerprint density at radius 1 is 1.40 bits per heavy atom. The van der Waals surface area contributed by atoms with Crippen molar-refractivity contribution in [3.63, 3.8) is 0 Å². The van der Waals surface area contributed by atoms with Crippen molar-refractivity contribution in [2.45, 2.75) is 52.1 Å². The van der Waals surface area contributed by atoms with Crippen molar-refractivity contribution < 1.29 is 0 Å². The van der Waals surface area contributed by atoms with Crippen molar-refractivity contribution >= 4 is 0 Å². The van der Waals surface area contributed by atoms with Crippen molar-refractivity contribution in [3.8, 4) is 0 Å². The summed E-state index contributed by atoms with van der Waals surface area (Å²) >= 11 is 0. The maximum absolute atomic E-state index is 4.09. The molecule has 1 aliphatic heterocycles. The zero-order valence-corrected chi connectivity index (χ0v) is 13.1. The number of aryl methyl sites for hydroxylation is 1. The van der Waals surface area contributed by atoms with Crippen molar-refractivity contribution in [1.82, 2.24) is 19.8 Å². The van der Waals surface area contributed by atoms with E-state index < -0.39 is 0 Å². The Kier molecular flexibility index (Phi) is 6.54. The summed E-state index contributed by atoms with van der Waals surface area (Å²) in [4.78, 5) is 6.74. The van der Waals surface area contributed by atoms with Gasteiger partial charge in [0.2, 0.25) is 0 Å². The molecule has 0 bridgehead atoms. The summed E-state index contributed by atoms with van der Waals surface area (Å²) in [7, 11) is 0. The second-order valence-electron chi connectivity index (χ2n) is 6.10. The Balaban J connectivity index is 1.67. The van der Waals surface area contributed by atoms with E-state index in [0.717, 1.165) is 19.0 Å². The second kappa shape index (κ2) is 8.42. The molecule has 1 saturated heterocycles. The van der Waals surface area contributed by atoms with E-state index in [2.05, 4.69) is 39.8 Å². The average Bonchev–Trinajstić information content (AvgIpc) is 2.98. The van der Waals surface area contributed by atoms with E-state index in [9.17, 15) is 0 Å². The standard InChI is InChI=1S/C16H30N4/c1-3-7-18-15(2)16-6-4-9-19(13-16)10-5-11-20-12-8-17-14-20/h8,12,14-16,18H,3-7,9-11,13H2,1-2H3. The highest BCUT2D eigenvalue weighted by Crippen LogP contribution is 2.20. The zero-order valence-electron chi connectivity index (χ0n) is 13.1. The van der Waals surface area contributed by atoms with Crippen molar-refractivity contribution in [1.29, 1.82) is 0 Å². The lowest BCUT2D eigenvalue weighted by atomic mass is 9.91. The number of nitrogens with zero attached hydrogens (tertiary/aromatic N) is 3. The molecular weight excluding hydrogens is 248 g/mol. The Morgan fingerprint density at radius 2 is 2.30 bits per heavy atom. The molecule has 20 heavy (non-hydrogen) atoms. The molecule has 0 aliphatic carbocycles. The number of hydrogen-bond acceptors (Lipinski definition) is 3. The number of rotatable bonds is 8. The SMILES string of the molecule is CCCNC(C)C1CCCN(CCCn2ccnc2)C1. The van der Waals surface area contributed by atoms with E-state index >= 15 is 0 Å². The van der Waals surface area contributed by atoms with Gasteiger partial charge in [0.25, 0.3) is 0 Å². The van der Waals surface area contributed by atoms with E-state index in [1.54, 1.807) is 0 Å². The molecule has 4 nitrogen and oxygen atoms in total. The minimum absolute atomic E-state index is 0.659. The van der Waals surface area contributed by atoms with Crippen LogP contribution in [0.15, 0.2) is 18.7 Å². The summed E-state index contributed by atoms with van der Waals surface area (Å²) in [5.74, 6) is 0.823. The van der Waals surface area contributed by atoms with Crippen LogP contribution in [0.5, 0.6) is 0 Å². The predicted molar refractivity (Wildman–Crippen MR) is 83.8 cm³/mol. The van der Waals surface area contributed by atoms with Gasteiger partial charge in [0.1, 0.15) is 0 Å². The van der Waals surface area contributed by atoms with Crippen LogP contribution < -0.4 is 5.32 Å². The number of nitrogens with one attached hydrogen (secondary N) is 1. The van der Waals surface area contributed by atoms with Crippen molar-refractivity contribution in [2.24, 2.45) is 5.92 Å². The Hall–Kier alpha value is -0.870. The lowest BCUT2D eigenvalue weighted by Crippen LogP contribution is -2.45. The fraction of sp³-hybridized carbons (Fsp3) is 0.812. The first-order valence-electron chi connectivity index (χ1n) is 8.21. The summed E-state index contributed by atoms with van der Waals surface area (Å²) in [5.41, 5.74) is 0. The third kappa shape index (κ3) is 4.91. The quantitative estimate of drug-likeness (QED) is 0.792. The van der Waals surface area contributed by atoms with E-state index in [1.807, 2.05) is 12.5 Å². The molecule has 1 fully saturated rings. The predicted octanol–water partition coefficient (Wildman–Crippen LogP) is 2.37. The van der Waals surface area contributed by atoms with E-state index in [-0.39, 0.29) is 0 Å². The van der Waals surface area contributed by atoms with Gasteiger partial charge < -0.3 is 14.8 Å². The number of piperidine rings is 1. The van der Waals surface area contributed by atoms with Crippen molar-refractivity contribution in [2.75, 3.05) is 26.2 Å². The van der Waals surface area contributed by atoms with Crippen LogP contribution in [-0.4, -0.2) is 46.7 Å². The summed E-state index contributed by atoms with van der Waals surface area (Å²) in [6.45, 7) is 10.6. The van der Waals surface area contributed by atoms with E-state index in [1.165, 1.54) is 45.3 Å². The topological polar surface area (TPSA) is 33.1 Å². The lowest BCUT2D eigenvalue weighted by Gasteiger charge is -2.36. The summed E-state index contributed by atoms with van der Waals surface area (Å²) in [6, 6.07) is 0.659.